The van der Waals surface area contributed by atoms with E-state index in [0.29, 0.717) is 16.5 Å². The van der Waals surface area contributed by atoms with Crippen molar-refractivity contribution >= 4 is 17.3 Å². The molecule has 1 fully saturated rings. The highest BCUT2D eigenvalue weighted by molar-refractivity contribution is 6.32. The van der Waals surface area contributed by atoms with Gasteiger partial charge >= 0.3 is 0 Å². The first-order valence-electron chi connectivity index (χ1n) is 5.63. The molecule has 0 spiro atoms. The van der Waals surface area contributed by atoms with E-state index in [4.69, 9.17) is 11.6 Å². The van der Waals surface area contributed by atoms with Gasteiger partial charge in [0.25, 0.3) is 5.69 Å². The molecule has 4 heteroatoms. The Kier molecular flexibility index (Phi) is 3.65. The van der Waals surface area contributed by atoms with Crippen LogP contribution < -0.4 is 0 Å². The van der Waals surface area contributed by atoms with Crippen LogP contribution in [0, 0.1) is 27.9 Å². The highest BCUT2D eigenvalue weighted by Gasteiger charge is 2.16. The Bertz CT molecular complexity index is 496. The SMILES string of the molecule is O=[N+]([O-])c1cccc(Cl)c1C#CC1CCCC1. The van der Waals surface area contributed by atoms with Gasteiger partial charge in [-0.15, -0.1) is 0 Å². The average molecular weight is 250 g/mol. The molecular weight excluding hydrogens is 238 g/mol. The number of halogens is 1. The quantitative estimate of drug-likeness (QED) is 0.432. The van der Waals surface area contributed by atoms with E-state index in [1.165, 1.54) is 18.9 Å². The first kappa shape index (κ1) is 11.9. The zero-order valence-corrected chi connectivity index (χ0v) is 10.0. The van der Waals surface area contributed by atoms with Crippen LogP contribution in [0.4, 0.5) is 5.69 Å². The largest absolute Gasteiger partial charge is 0.286 e. The van der Waals surface area contributed by atoms with Gasteiger partial charge in [0.15, 0.2) is 0 Å². The lowest BCUT2D eigenvalue weighted by molar-refractivity contribution is -0.385. The van der Waals surface area contributed by atoms with Gasteiger partial charge < -0.3 is 0 Å². The maximum Gasteiger partial charge on any atom is 0.286 e. The Labute approximate surface area is 105 Å². The lowest BCUT2D eigenvalue weighted by atomic mass is 10.1. The van der Waals surface area contributed by atoms with E-state index in [1.54, 1.807) is 12.1 Å². The van der Waals surface area contributed by atoms with E-state index >= 15 is 0 Å². The topological polar surface area (TPSA) is 43.1 Å². The summed E-state index contributed by atoms with van der Waals surface area (Å²) in [5.41, 5.74) is 0.328. The minimum atomic E-state index is -0.440. The van der Waals surface area contributed by atoms with Gasteiger partial charge in [0.05, 0.1) is 9.95 Å². The molecule has 2 rings (SSSR count). The van der Waals surface area contributed by atoms with Gasteiger partial charge in [0.1, 0.15) is 5.56 Å². The molecule has 1 aromatic carbocycles. The van der Waals surface area contributed by atoms with Gasteiger partial charge in [-0.05, 0) is 18.9 Å². The van der Waals surface area contributed by atoms with Gasteiger partial charge in [0, 0.05) is 12.0 Å². The number of benzene rings is 1. The van der Waals surface area contributed by atoms with Crippen molar-refractivity contribution in [1.29, 1.82) is 0 Å². The van der Waals surface area contributed by atoms with Crippen LogP contribution >= 0.6 is 11.6 Å². The Morgan fingerprint density at radius 2 is 2.06 bits per heavy atom. The Morgan fingerprint density at radius 1 is 1.35 bits per heavy atom. The van der Waals surface area contributed by atoms with E-state index in [9.17, 15) is 10.1 Å². The molecule has 1 aromatic rings. The summed E-state index contributed by atoms with van der Waals surface area (Å²) in [5, 5.41) is 11.2. The summed E-state index contributed by atoms with van der Waals surface area (Å²) in [6, 6.07) is 4.64. The second-order valence-electron chi connectivity index (χ2n) is 4.14. The van der Waals surface area contributed by atoms with Crippen LogP contribution in [0.5, 0.6) is 0 Å². The molecule has 0 atom stereocenters. The van der Waals surface area contributed by atoms with Crippen LogP contribution in [-0.2, 0) is 0 Å². The van der Waals surface area contributed by atoms with E-state index < -0.39 is 4.92 Å². The fourth-order valence-electron chi connectivity index (χ4n) is 2.03. The predicted molar refractivity (Wildman–Crippen MR) is 66.9 cm³/mol. The van der Waals surface area contributed by atoms with Crippen LogP contribution in [0.25, 0.3) is 0 Å². The Hall–Kier alpha value is -1.53. The maximum atomic E-state index is 10.8. The van der Waals surface area contributed by atoms with Gasteiger partial charge in [-0.2, -0.15) is 0 Å². The predicted octanol–water partition coefficient (Wildman–Crippen LogP) is 3.79. The zero-order chi connectivity index (χ0) is 12.3. The Morgan fingerprint density at radius 3 is 2.71 bits per heavy atom. The summed E-state index contributed by atoms with van der Waals surface area (Å²) in [6.07, 6.45) is 4.57. The summed E-state index contributed by atoms with van der Waals surface area (Å²) in [4.78, 5) is 10.4. The van der Waals surface area contributed by atoms with Crippen molar-refractivity contribution < 1.29 is 4.92 Å². The molecular formula is C13H12ClNO2. The number of hydrogen-bond donors (Lipinski definition) is 0. The molecule has 1 aliphatic carbocycles. The zero-order valence-electron chi connectivity index (χ0n) is 9.28. The second kappa shape index (κ2) is 5.20. The van der Waals surface area contributed by atoms with Gasteiger partial charge in [0.2, 0.25) is 0 Å². The van der Waals surface area contributed by atoms with Crippen molar-refractivity contribution in [3.05, 3.63) is 38.9 Å². The fourth-order valence-corrected chi connectivity index (χ4v) is 2.25. The van der Waals surface area contributed by atoms with Crippen LogP contribution in [0.2, 0.25) is 5.02 Å². The monoisotopic (exact) mass is 249 g/mol. The summed E-state index contributed by atoms with van der Waals surface area (Å²) in [7, 11) is 0. The lowest BCUT2D eigenvalue weighted by Crippen LogP contribution is -1.93. The maximum absolute atomic E-state index is 10.8. The summed E-state index contributed by atoms with van der Waals surface area (Å²) in [6.45, 7) is 0. The van der Waals surface area contributed by atoms with Gasteiger partial charge in [-0.3, -0.25) is 10.1 Å². The molecule has 1 aliphatic rings. The third kappa shape index (κ3) is 2.78. The molecule has 1 saturated carbocycles. The summed E-state index contributed by atoms with van der Waals surface area (Å²) >= 11 is 5.95. The highest BCUT2D eigenvalue weighted by atomic mass is 35.5. The lowest BCUT2D eigenvalue weighted by Gasteiger charge is -1.99. The molecule has 3 nitrogen and oxygen atoms in total. The van der Waals surface area contributed by atoms with E-state index in [2.05, 4.69) is 11.8 Å². The van der Waals surface area contributed by atoms with Crippen molar-refractivity contribution in [3.8, 4) is 11.8 Å². The Balaban J connectivity index is 2.33. The molecule has 0 aliphatic heterocycles. The molecule has 0 bridgehead atoms. The molecule has 0 heterocycles. The number of rotatable bonds is 1. The van der Waals surface area contributed by atoms with Crippen molar-refractivity contribution in [2.24, 2.45) is 5.92 Å². The number of nitro groups is 1. The molecule has 0 unspecified atom stereocenters. The van der Waals surface area contributed by atoms with Crippen molar-refractivity contribution in [1.82, 2.24) is 0 Å². The minimum absolute atomic E-state index is 0.0111. The highest BCUT2D eigenvalue weighted by Crippen LogP contribution is 2.27. The number of hydrogen-bond acceptors (Lipinski definition) is 2. The normalized spacial score (nSPS) is 15.4. The fraction of sp³-hybridized carbons (Fsp3) is 0.385. The molecule has 0 aromatic heterocycles. The first-order chi connectivity index (χ1) is 8.18. The number of nitrogens with zero attached hydrogens (tertiary/aromatic N) is 1. The van der Waals surface area contributed by atoms with E-state index in [1.807, 2.05) is 0 Å². The smallest absolute Gasteiger partial charge is 0.258 e. The third-order valence-electron chi connectivity index (χ3n) is 2.94. The standard InChI is InChI=1S/C13H12ClNO2/c14-12-6-3-7-13(15(16)17)11(12)9-8-10-4-1-2-5-10/h3,6-7,10H,1-2,4-5H2. The summed E-state index contributed by atoms with van der Waals surface area (Å²) < 4.78 is 0. The van der Waals surface area contributed by atoms with Crippen LogP contribution in [0.15, 0.2) is 18.2 Å². The van der Waals surface area contributed by atoms with Gasteiger partial charge in [-0.1, -0.05) is 42.3 Å². The second-order valence-corrected chi connectivity index (χ2v) is 4.55. The van der Waals surface area contributed by atoms with E-state index in [-0.39, 0.29) is 5.69 Å². The molecule has 88 valence electrons. The summed E-state index contributed by atoms with van der Waals surface area (Å²) in [5.74, 6) is 6.34. The van der Waals surface area contributed by atoms with Gasteiger partial charge in [-0.25, -0.2) is 0 Å². The minimum Gasteiger partial charge on any atom is -0.258 e. The van der Waals surface area contributed by atoms with Crippen LogP contribution in [0.3, 0.4) is 0 Å². The molecule has 0 N–H and O–H groups in total. The van der Waals surface area contributed by atoms with Crippen LogP contribution in [0.1, 0.15) is 31.2 Å². The van der Waals surface area contributed by atoms with E-state index in [0.717, 1.165) is 12.8 Å². The number of nitro benzene ring substituents is 1. The van der Waals surface area contributed by atoms with Crippen molar-refractivity contribution in [3.63, 3.8) is 0 Å². The molecule has 17 heavy (non-hydrogen) atoms. The van der Waals surface area contributed by atoms with Crippen LogP contribution in [-0.4, -0.2) is 4.92 Å². The third-order valence-corrected chi connectivity index (χ3v) is 3.26. The first-order valence-corrected chi connectivity index (χ1v) is 6.00. The molecule has 0 amide bonds. The molecule has 0 saturated heterocycles. The molecule has 0 radical (unpaired) electrons. The van der Waals surface area contributed by atoms with Crippen molar-refractivity contribution in [2.45, 2.75) is 25.7 Å². The van der Waals surface area contributed by atoms with Crippen molar-refractivity contribution in [2.75, 3.05) is 0 Å². The average Bonchev–Trinajstić information content (AvgIpc) is 2.80.